The summed E-state index contributed by atoms with van der Waals surface area (Å²) in [5.41, 5.74) is 8.58. The quantitative estimate of drug-likeness (QED) is 0.809. The molecule has 1 aromatic rings. The van der Waals surface area contributed by atoms with Gasteiger partial charge in [0.1, 0.15) is 5.75 Å². The van der Waals surface area contributed by atoms with E-state index in [-0.39, 0.29) is 11.5 Å². The van der Waals surface area contributed by atoms with Crippen LogP contribution in [-0.2, 0) is 0 Å². The van der Waals surface area contributed by atoms with Crippen LogP contribution in [0.1, 0.15) is 37.9 Å². The van der Waals surface area contributed by atoms with Gasteiger partial charge in [0.05, 0.1) is 7.11 Å². The highest BCUT2D eigenvalue weighted by atomic mass is 16.5. The molecule has 0 aliphatic carbocycles. The van der Waals surface area contributed by atoms with E-state index >= 15 is 0 Å². The Morgan fingerprint density at radius 2 is 1.87 bits per heavy atom. The SMILES string of the molecule is COc1ccc(C)cc1C(N)C(C)(C)C. The molecule has 0 heterocycles. The summed E-state index contributed by atoms with van der Waals surface area (Å²) in [6.07, 6.45) is 0. The van der Waals surface area contributed by atoms with Crippen molar-refractivity contribution in [1.82, 2.24) is 0 Å². The molecule has 1 rings (SSSR count). The zero-order valence-electron chi connectivity index (χ0n) is 10.3. The molecular weight excluding hydrogens is 186 g/mol. The lowest BCUT2D eigenvalue weighted by Crippen LogP contribution is -2.26. The number of hydrogen-bond acceptors (Lipinski definition) is 2. The zero-order chi connectivity index (χ0) is 11.6. The number of aryl methyl sites for hydroxylation is 1. The molecule has 1 atom stereocenters. The van der Waals surface area contributed by atoms with E-state index in [4.69, 9.17) is 10.5 Å². The van der Waals surface area contributed by atoms with Gasteiger partial charge in [-0.2, -0.15) is 0 Å². The van der Waals surface area contributed by atoms with Crippen molar-refractivity contribution in [2.75, 3.05) is 7.11 Å². The maximum absolute atomic E-state index is 6.24. The summed E-state index contributed by atoms with van der Waals surface area (Å²) in [7, 11) is 1.68. The molecule has 2 nitrogen and oxygen atoms in total. The Balaban J connectivity index is 3.17. The van der Waals surface area contributed by atoms with Gasteiger partial charge in [0.15, 0.2) is 0 Å². The van der Waals surface area contributed by atoms with Crippen molar-refractivity contribution in [1.29, 1.82) is 0 Å². The molecule has 0 saturated carbocycles. The van der Waals surface area contributed by atoms with Gasteiger partial charge in [-0.3, -0.25) is 0 Å². The van der Waals surface area contributed by atoms with Crippen LogP contribution in [0.5, 0.6) is 5.75 Å². The Morgan fingerprint density at radius 3 is 2.33 bits per heavy atom. The van der Waals surface area contributed by atoms with Gasteiger partial charge in [0.2, 0.25) is 0 Å². The predicted octanol–water partition coefficient (Wildman–Crippen LogP) is 3.05. The molecule has 15 heavy (non-hydrogen) atoms. The van der Waals surface area contributed by atoms with Crippen molar-refractivity contribution in [3.63, 3.8) is 0 Å². The average molecular weight is 207 g/mol. The Bertz CT molecular complexity index is 339. The lowest BCUT2D eigenvalue weighted by atomic mass is 9.82. The van der Waals surface area contributed by atoms with E-state index in [9.17, 15) is 0 Å². The van der Waals surface area contributed by atoms with Crippen LogP contribution in [0.2, 0.25) is 0 Å². The van der Waals surface area contributed by atoms with Crippen molar-refractivity contribution in [3.8, 4) is 5.75 Å². The molecule has 1 aromatic carbocycles. The van der Waals surface area contributed by atoms with Gasteiger partial charge in [0, 0.05) is 11.6 Å². The minimum absolute atomic E-state index is 0.00708. The second-order valence-electron chi connectivity index (χ2n) is 5.09. The van der Waals surface area contributed by atoms with Crippen LogP contribution in [0.15, 0.2) is 18.2 Å². The van der Waals surface area contributed by atoms with Crippen molar-refractivity contribution >= 4 is 0 Å². The van der Waals surface area contributed by atoms with Crippen LogP contribution in [0.3, 0.4) is 0 Å². The molecule has 0 aliphatic heterocycles. The summed E-state index contributed by atoms with van der Waals surface area (Å²) < 4.78 is 5.34. The molecule has 84 valence electrons. The Labute approximate surface area is 92.4 Å². The highest BCUT2D eigenvalue weighted by Crippen LogP contribution is 2.35. The summed E-state index contributed by atoms with van der Waals surface area (Å²) in [6, 6.07) is 6.12. The van der Waals surface area contributed by atoms with E-state index in [0.29, 0.717) is 0 Å². The molecule has 2 heteroatoms. The van der Waals surface area contributed by atoms with Crippen molar-refractivity contribution < 1.29 is 4.74 Å². The molecule has 0 fully saturated rings. The smallest absolute Gasteiger partial charge is 0.123 e. The minimum atomic E-state index is -0.00708. The van der Waals surface area contributed by atoms with Crippen molar-refractivity contribution in [2.45, 2.75) is 33.7 Å². The highest BCUT2D eigenvalue weighted by molar-refractivity contribution is 5.39. The first-order valence-electron chi connectivity index (χ1n) is 5.26. The third-order valence-corrected chi connectivity index (χ3v) is 2.65. The Morgan fingerprint density at radius 1 is 1.27 bits per heavy atom. The predicted molar refractivity (Wildman–Crippen MR) is 64.1 cm³/mol. The first kappa shape index (κ1) is 12.1. The molecule has 2 N–H and O–H groups in total. The van der Waals surface area contributed by atoms with Crippen LogP contribution in [-0.4, -0.2) is 7.11 Å². The molecule has 0 radical (unpaired) electrons. The number of rotatable bonds is 2. The lowest BCUT2D eigenvalue weighted by Gasteiger charge is -2.28. The molecular formula is C13H21NO. The number of ether oxygens (including phenoxy) is 1. The van der Waals surface area contributed by atoms with Crippen molar-refractivity contribution in [2.24, 2.45) is 11.1 Å². The first-order valence-corrected chi connectivity index (χ1v) is 5.26. The van der Waals surface area contributed by atoms with Crippen LogP contribution in [0, 0.1) is 12.3 Å². The average Bonchev–Trinajstić information content (AvgIpc) is 2.15. The van der Waals surface area contributed by atoms with E-state index in [1.807, 2.05) is 12.1 Å². The van der Waals surface area contributed by atoms with Crippen LogP contribution in [0.4, 0.5) is 0 Å². The van der Waals surface area contributed by atoms with Crippen LogP contribution < -0.4 is 10.5 Å². The highest BCUT2D eigenvalue weighted by Gasteiger charge is 2.24. The van der Waals surface area contributed by atoms with Gasteiger partial charge in [-0.25, -0.2) is 0 Å². The van der Waals surface area contributed by atoms with E-state index in [1.54, 1.807) is 7.11 Å². The molecule has 1 unspecified atom stereocenters. The Hall–Kier alpha value is -1.02. The number of benzene rings is 1. The monoisotopic (exact) mass is 207 g/mol. The van der Waals surface area contributed by atoms with Gasteiger partial charge in [-0.05, 0) is 18.4 Å². The largest absolute Gasteiger partial charge is 0.496 e. The van der Waals surface area contributed by atoms with Gasteiger partial charge < -0.3 is 10.5 Å². The normalized spacial score (nSPS) is 13.7. The fourth-order valence-electron chi connectivity index (χ4n) is 1.56. The van der Waals surface area contributed by atoms with Crippen LogP contribution in [0.25, 0.3) is 0 Å². The second-order valence-corrected chi connectivity index (χ2v) is 5.09. The third kappa shape index (κ3) is 2.72. The molecule has 0 bridgehead atoms. The maximum Gasteiger partial charge on any atom is 0.123 e. The number of nitrogens with two attached hydrogens (primary N) is 1. The molecule has 0 amide bonds. The molecule has 0 saturated heterocycles. The van der Waals surface area contributed by atoms with E-state index in [0.717, 1.165) is 11.3 Å². The fourth-order valence-corrected chi connectivity index (χ4v) is 1.56. The number of methoxy groups -OCH3 is 1. The first-order chi connectivity index (χ1) is 6.86. The number of hydrogen-bond donors (Lipinski definition) is 1. The zero-order valence-corrected chi connectivity index (χ0v) is 10.3. The summed E-state index contributed by atoms with van der Waals surface area (Å²) >= 11 is 0. The van der Waals surface area contributed by atoms with Crippen LogP contribution >= 0.6 is 0 Å². The van der Waals surface area contributed by atoms with Crippen molar-refractivity contribution in [3.05, 3.63) is 29.3 Å². The molecule has 0 spiro atoms. The maximum atomic E-state index is 6.24. The standard InChI is InChI=1S/C13H21NO/c1-9-6-7-11(15-5)10(8-9)12(14)13(2,3)4/h6-8,12H,14H2,1-5H3. The second kappa shape index (κ2) is 4.23. The topological polar surface area (TPSA) is 35.2 Å². The minimum Gasteiger partial charge on any atom is -0.496 e. The summed E-state index contributed by atoms with van der Waals surface area (Å²) in [5, 5.41) is 0. The fraction of sp³-hybridized carbons (Fsp3) is 0.538. The summed E-state index contributed by atoms with van der Waals surface area (Å²) in [6.45, 7) is 8.48. The lowest BCUT2D eigenvalue weighted by molar-refractivity contribution is 0.314. The third-order valence-electron chi connectivity index (χ3n) is 2.65. The van der Waals surface area contributed by atoms with E-state index in [2.05, 4.69) is 33.8 Å². The van der Waals surface area contributed by atoms with E-state index < -0.39 is 0 Å². The van der Waals surface area contributed by atoms with E-state index in [1.165, 1.54) is 5.56 Å². The van der Waals surface area contributed by atoms with Gasteiger partial charge in [0.25, 0.3) is 0 Å². The molecule has 0 aliphatic rings. The van der Waals surface area contributed by atoms with Gasteiger partial charge >= 0.3 is 0 Å². The summed E-state index contributed by atoms with van der Waals surface area (Å²) in [5.74, 6) is 0.878. The van der Waals surface area contributed by atoms with Gasteiger partial charge in [-0.1, -0.05) is 38.5 Å². The van der Waals surface area contributed by atoms with Gasteiger partial charge in [-0.15, -0.1) is 0 Å². The molecule has 0 aromatic heterocycles. The summed E-state index contributed by atoms with van der Waals surface area (Å²) in [4.78, 5) is 0. The Kier molecular flexibility index (Phi) is 3.40.